The van der Waals surface area contributed by atoms with Crippen LogP contribution in [-0.4, -0.2) is 18.6 Å². The van der Waals surface area contributed by atoms with Gasteiger partial charge in [-0.2, -0.15) is 11.8 Å². The average molecular weight is 238 g/mol. The molecule has 90 valence electrons. The Balaban J connectivity index is 2.19. The van der Waals surface area contributed by atoms with Crippen molar-refractivity contribution in [3.8, 4) is 0 Å². The van der Waals surface area contributed by atoms with Crippen molar-refractivity contribution in [1.29, 1.82) is 0 Å². The van der Waals surface area contributed by atoms with Crippen LogP contribution in [0.5, 0.6) is 0 Å². The maximum Gasteiger partial charge on any atom is 0.0364 e. The molecule has 0 saturated heterocycles. The zero-order valence-corrected chi connectivity index (χ0v) is 11.1. The van der Waals surface area contributed by atoms with Crippen molar-refractivity contribution in [3.63, 3.8) is 0 Å². The molecule has 0 fully saturated rings. The first-order chi connectivity index (χ1) is 7.74. The topological polar surface area (TPSA) is 38.0 Å². The molecule has 0 spiro atoms. The van der Waals surface area contributed by atoms with E-state index in [0.29, 0.717) is 0 Å². The number of nitrogens with two attached hydrogens (primary N) is 1. The van der Waals surface area contributed by atoms with Gasteiger partial charge in [0.25, 0.3) is 0 Å². The Bertz CT molecular complexity index is 313. The van der Waals surface area contributed by atoms with Crippen molar-refractivity contribution in [1.82, 2.24) is 0 Å². The lowest BCUT2D eigenvalue weighted by molar-refractivity contribution is 0.750. The smallest absolute Gasteiger partial charge is 0.0364 e. The number of benzene rings is 1. The highest BCUT2D eigenvalue weighted by molar-refractivity contribution is 7.98. The van der Waals surface area contributed by atoms with Crippen molar-refractivity contribution in [2.24, 2.45) is 0 Å². The summed E-state index contributed by atoms with van der Waals surface area (Å²) < 4.78 is 0. The number of nitrogen functional groups attached to an aromatic ring is 1. The highest BCUT2D eigenvalue weighted by Gasteiger charge is 1.96. The minimum absolute atomic E-state index is 0.868. The van der Waals surface area contributed by atoms with Crippen LogP contribution in [-0.2, 0) is 0 Å². The van der Waals surface area contributed by atoms with E-state index in [4.69, 9.17) is 5.73 Å². The van der Waals surface area contributed by atoms with Crippen molar-refractivity contribution in [2.75, 3.05) is 29.6 Å². The maximum atomic E-state index is 5.85. The molecule has 1 aromatic rings. The third-order valence-electron chi connectivity index (χ3n) is 2.63. The first-order valence-electron chi connectivity index (χ1n) is 5.83. The molecule has 0 atom stereocenters. The standard InChI is InChI=1S/C13H22N2S/c1-11-6-7-12(10-13(11)14)15-8-4-3-5-9-16-2/h6-7,10,15H,3-5,8-9,14H2,1-2H3. The minimum atomic E-state index is 0.868. The summed E-state index contributed by atoms with van der Waals surface area (Å²) in [7, 11) is 0. The second-order valence-corrected chi connectivity index (χ2v) is 5.04. The van der Waals surface area contributed by atoms with Crippen LogP contribution in [0.25, 0.3) is 0 Å². The lowest BCUT2D eigenvalue weighted by Crippen LogP contribution is -2.02. The second kappa shape index (κ2) is 7.44. The summed E-state index contributed by atoms with van der Waals surface area (Å²) in [6.07, 6.45) is 6.01. The molecule has 0 aliphatic carbocycles. The van der Waals surface area contributed by atoms with Crippen LogP contribution in [0.2, 0.25) is 0 Å². The van der Waals surface area contributed by atoms with Crippen molar-refractivity contribution < 1.29 is 0 Å². The first kappa shape index (κ1) is 13.2. The van der Waals surface area contributed by atoms with Gasteiger partial charge in [0.2, 0.25) is 0 Å². The summed E-state index contributed by atoms with van der Waals surface area (Å²) >= 11 is 1.92. The zero-order valence-electron chi connectivity index (χ0n) is 10.3. The van der Waals surface area contributed by atoms with Crippen molar-refractivity contribution >= 4 is 23.1 Å². The molecule has 0 aromatic heterocycles. The number of unbranched alkanes of at least 4 members (excludes halogenated alkanes) is 2. The molecule has 3 heteroatoms. The fourth-order valence-corrected chi connectivity index (χ4v) is 2.02. The van der Waals surface area contributed by atoms with Gasteiger partial charge < -0.3 is 11.1 Å². The van der Waals surface area contributed by atoms with Crippen LogP contribution in [0.1, 0.15) is 24.8 Å². The van der Waals surface area contributed by atoms with Gasteiger partial charge in [-0.05, 0) is 49.5 Å². The van der Waals surface area contributed by atoms with Gasteiger partial charge in [0.05, 0.1) is 0 Å². The summed E-state index contributed by atoms with van der Waals surface area (Å²) in [6, 6.07) is 6.16. The molecule has 0 aliphatic rings. The van der Waals surface area contributed by atoms with Crippen LogP contribution < -0.4 is 11.1 Å². The van der Waals surface area contributed by atoms with Gasteiger partial charge in [0, 0.05) is 17.9 Å². The Hall–Kier alpha value is -0.830. The van der Waals surface area contributed by atoms with Gasteiger partial charge in [0.15, 0.2) is 0 Å². The molecular weight excluding hydrogens is 216 g/mol. The summed E-state index contributed by atoms with van der Waals surface area (Å²) in [5, 5.41) is 3.40. The molecule has 0 heterocycles. The van der Waals surface area contributed by atoms with Crippen molar-refractivity contribution in [3.05, 3.63) is 23.8 Å². The SMILES string of the molecule is CSCCCCCNc1ccc(C)c(N)c1. The Morgan fingerprint density at radius 1 is 1.25 bits per heavy atom. The van der Waals surface area contributed by atoms with E-state index in [1.165, 1.54) is 25.0 Å². The minimum Gasteiger partial charge on any atom is -0.398 e. The van der Waals surface area contributed by atoms with Gasteiger partial charge in [-0.25, -0.2) is 0 Å². The zero-order chi connectivity index (χ0) is 11.8. The number of thioether (sulfide) groups is 1. The molecule has 3 N–H and O–H groups in total. The van der Waals surface area contributed by atoms with Crippen LogP contribution >= 0.6 is 11.8 Å². The number of hydrogen-bond acceptors (Lipinski definition) is 3. The number of anilines is 2. The summed E-state index contributed by atoms with van der Waals surface area (Å²) in [6.45, 7) is 3.07. The van der Waals surface area contributed by atoms with Gasteiger partial charge >= 0.3 is 0 Å². The summed E-state index contributed by atoms with van der Waals surface area (Å²) in [5.41, 5.74) is 8.99. The molecular formula is C13H22N2S. The highest BCUT2D eigenvalue weighted by Crippen LogP contribution is 2.16. The van der Waals surface area contributed by atoms with Crippen molar-refractivity contribution in [2.45, 2.75) is 26.2 Å². The summed E-state index contributed by atoms with van der Waals surface area (Å²) in [5.74, 6) is 1.28. The second-order valence-electron chi connectivity index (χ2n) is 4.05. The van der Waals surface area contributed by atoms with E-state index in [0.717, 1.165) is 23.5 Å². The Labute approximate surface area is 103 Å². The molecule has 1 aromatic carbocycles. The Kier molecular flexibility index (Phi) is 6.16. The molecule has 0 unspecified atom stereocenters. The van der Waals surface area contributed by atoms with Gasteiger partial charge in [-0.3, -0.25) is 0 Å². The van der Waals surface area contributed by atoms with Gasteiger partial charge in [-0.1, -0.05) is 12.5 Å². The lowest BCUT2D eigenvalue weighted by Gasteiger charge is -2.08. The van der Waals surface area contributed by atoms with Crippen LogP contribution in [0, 0.1) is 6.92 Å². The number of rotatable bonds is 7. The quantitative estimate of drug-likeness (QED) is 0.564. The predicted molar refractivity (Wildman–Crippen MR) is 76.3 cm³/mol. The fraction of sp³-hybridized carbons (Fsp3) is 0.538. The molecule has 1 rings (SSSR count). The normalized spacial score (nSPS) is 10.4. The average Bonchev–Trinajstić information content (AvgIpc) is 2.28. The lowest BCUT2D eigenvalue weighted by atomic mass is 10.2. The third kappa shape index (κ3) is 4.79. The summed E-state index contributed by atoms with van der Waals surface area (Å²) in [4.78, 5) is 0. The van der Waals surface area contributed by atoms with Crippen LogP contribution in [0.4, 0.5) is 11.4 Å². The van der Waals surface area contributed by atoms with E-state index in [2.05, 4.69) is 23.7 Å². The van der Waals surface area contributed by atoms with E-state index in [1.54, 1.807) is 0 Å². The predicted octanol–water partition coefficient (Wildman–Crippen LogP) is 3.52. The molecule has 0 radical (unpaired) electrons. The Morgan fingerprint density at radius 2 is 2.06 bits per heavy atom. The fourth-order valence-electron chi connectivity index (χ4n) is 1.53. The van der Waals surface area contributed by atoms with E-state index < -0.39 is 0 Å². The van der Waals surface area contributed by atoms with Gasteiger partial charge in [0.1, 0.15) is 0 Å². The molecule has 0 amide bonds. The molecule has 2 nitrogen and oxygen atoms in total. The van der Waals surface area contributed by atoms with Crippen LogP contribution in [0.3, 0.4) is 0 Å². The molecule has 0 aliphatic heterocycles. The van der Waals surface area contributed by atoms with E-state index in [9.17, 15) is 0 Å². The maximum absolute atomic E-state index is 5.85. The molecule has 16 heavy (non-hydrogen) atoms. The van der Waals surface area contributed by atoms with Crippen LogP contribution in [0.15, 0.2) is 18.2 Å². The third-order valence-corrected chi connectivity index (χ3v) is 3.33. The largest absolute Gasteiger partial charge is 0.398 e. The van der Waals surface area contributed by atoms with E-state index in [1.807, 2.05) is 24.8 Å². The van der Waals surface area contributed by atoms with Gasteiger partial charge in [-0.15, -0.1) is 0 Å². The Morgan fingerprint density at radius 3 is 2.75 bits per heavy atom. The van der Waals surface area contributed by atoms with E-state index in [-0.39, 0.29) is 0 Å². The number of hydrogen-bond donors (Lipinski definition) is 2. The molecule has 0 saturated carbocycles. The van der Waals surface area contributed by atoms with E-state index >= 15 is 0 Å². The molecule has 0 bridgehead atoms. The first-order valence-corrected chi connectivity index (χ1v) is 7.22. The number of nitrogens with one attached hydrogen (secondary N) is 1. The highest BCUT2D eigenvalue weighted by atomic mass is 32.2. The monoisotopic (exact) mass is 238 g/mol. The number of aryl methyl sites for hydroxylation is 1.